The van der Waals surface area contributed by atoms with Crippen LogP contribution in [0.2, 0.25) is 0 Å². The van der Waals surface area contributed by atoms with Crippen molar-refractivity contribution in [3.05, 3.63) is 29.6 Å². The fourth-order valence-corrected chi connectivity index (χ4v) is 1.56. The first-order valence-corrected chi connectivity index (χ1v) is 5.25. The van der Waals surface area contributed by atoms with Crippen LogP contribution in [0.1, 0.15) is 31.7 Å². The highest BCUT2D eigenvalue weighted by molar-refractivity contribution is 5.76. The van der Waals surface area contributed by atoms with Crippen molar-refractivity contribution < 1.29 is 19.0 Å². The van der Waals surface area contributed by atoms with Gasteiger partial charge in [0.1, 0.15) is 0 Å². The molecule has 1 unspecified atom stereocenters. The molecule has 0 amide bonds. The van der Waals surface area contributed by atoms with Crippen LogP contribution in [-0.2, 0) is 4.79 Å². The van der Waals surface area contributed by atoms with E-state index in [9.17, 15) is 9.18 Å². The van der Waals surface area contributed by atoms with E-state index in [-0.39, 0.29) is 5.75 Å². The van der Waals surface area contributed by atoms with Crippen molar-refractivity contribution in [3.8, 4) is 5.75 Å². The molecular weight excluding hydrogens is 211 g/mol. The van der Waals surface area contributed by atoms with Gasteiger partial charge in [0.2, 0.25) is 0 Å². The molecule has 16 heavy (non-hydrogen) atoms. The molecule has 0 aliphatic heterocycles. The summed E-state index contributed by atoms with van der Waals surface area (Å²) in [7, 11) is 0. The van der Waals surface area contributed by atoms with Crippen LogP contribution >= 0.6 is 0 Å². The zero-order chi connectivity index (χ0) is 12.1. The van der Waals surface area contributed by atoms with Gasteiger partial charge in [0.05, 0.1) is 12.5 Å². The highest BCUT2D eigenvalue weighted by Crippen LogP contribution is 2.25. The van der Waals surface area contributed by atoms with Gasteiger partial charge < -0.3 is 9.84 Å². The van der Waals surface area contributed by atoms with Gasteiger partial charge in [0.15, 0.2) is 11.6 Å². The monoisotopic (exact) mass is 226 g/mol. The second-order valence-corrected chi connectivity index (χ2v) is 3.42. The van der Waals surface area contributed by atoms with Gasteiger partial charge in [-0.2, -0.15) is 0 Å². The molecule has 0 saturated heterocycles. The Kier molecular flexibility index (Phi) is 4.28. The van der Waals surface area contributed by atoms with Crippen LogP contribution in [0.25, 0.3) is 0 Å². The summed E-state index contributed by atoms with van der Waals surface area (Å²) in [6.07, 6.45) is 0.433. The average Bonchev–Trinajstić information content (AvgIpc) is 2.22. The normalized spacial score (nSPS) is 12.2. The first kappa shape index (κ1) is 12.5. The summed E-state index contributed by atoms with van der Waals surface area (Å²) in [5.41, 5.74) is 0.468. The summed E-state index contributed by atoms with van der Waals surface area (Å²) in [6, 6.07) is 4.30. The Morgan fingerprint density at radius 3 is 2.62 bits per heavy atom. The molecule has 88 valence electrons. The largest absolute Gasteiger partial charge is 0.491 e. The predicted octanol–water partition coefficient (Wildman–Crippen LogP) is 2.80. The molecular formula is C12H15FO3. The molecule has 0 saturated carbocycles. The predicted molar refractivity (Wildman–Crippen MR) is 58.2 cm³/mol. The van der Waals surface area contributed by atoms with E-state index in [0.29, 0.717) is 18.6 Å². The summed E-state index contributed by atoms with van der Waals surface area (Å²) in [4.78, 5) is 10.9. The van der Waals surface area contributed by atoms with Gasteiger partial charge in [-0.05, 0) is 31.0 Å². The molecule has 0 spiro atoms. The van der Waals surface area contributed by atoms with Crippen LogP contribution < -0.4 is 4.74 Å². The van der Waals surface area contributed by atoms with E-state index in [1.54, 1.807) is 19.9 Å². The number of carboxylic acid groups (broad SMARTS) is 1. The molecule has 0 bridgehead atoms. The number of carbonyl (C=O) groups is 1. The minimum atomic E-state index is -0.939. The molecule has 0 aliphatic carbocycles. The average molecular weight is 226 g/mol. The fourth-order valence-electron chi connectivity index (χ4n) is 1.56. The van der Waals surface area contributed by atoms with Gasteiger partial charge in [-0.25, -0.2) is 4.39 Å². The summed E-state index contributed by atoms with van der Waals surface area (Å²) < 4.78 is 18.5. The Morgan fingerprint density at radius 1 is 1.50 bits per heavy atom. The summed E-state index contributed by atoms with van der Waals surface area (Å²) in [6.45, 7) is 3.90. The molecule has 1 aromatic rings. The number of ether oxygens (including phenoxy) is 1. The molecule has 0 aromatic heterocycles. The third kappa shape index (κ3) is 2.72. The minimum Gasteiger partial charge on any atom is -0.491 e. The van der Waals surface area contributed by atoms with Gasteiger partial charge in [-0.15, -0.1) is 0 Å². The Hall–Kier alpha value is -1.58. The van der Waals surface area contributed by atoms with Crippen LogP contribution in [0, 0.1) is 5.82 Å². The number of halogens is 1. The van der Waals surface area contributed by atoms with E-state index in [2.05, 4.69) is 0 Å². The number of benzene rings is 1. The van der Waals surface area contributed by atoms with Gasteiger partial charge in [-0.3, -0.25) is 4.79 Å². The van der Waals surface area contributed by atoms with Gasteiger partial charge >= 0.3 is 5.97 Å². The van der Waals surface area contributed by atoms with Crippen molar-refractivity contribution in [2.75, 3.05) is 6.61 Å². The summed E-state index contributed by atoms with van der Waals surface area (Å²) in [5, 5.41) is 8.94. The van der Waals surface area contributed by atoms with Crippen LogP contribution in [0.5, 0.6) is 5.75 Å². The van der Waals surface area contributed by atoms with E-state index in [1.807, 2.05) is 0 Å². The molecule has 4 heteroatoms. The van der Waals surface area contributed by atoms with E-state index in [0.717, 1.165) is 0 Å². The lowest BCUT2D eigenvalue weighted by Crippen LogP contribution is -2.10. The maximum atomic E-state index is 13.5. The quantitative estimate of drug-likeness (QED) is 0.839. The molecule has 1 atom stereocenters. The standard InChI is InChI=1S/C12H15FO3/c1-3-9(12(14)15)8-5-6-11(16-4-2)10(13)7-8/h5-7,9H,3-4H2,1-2H3,(H,14,15). The molecule has 1 rings (SSSR count). The van der Waals surface area contributed by atoms with Crippen molar-refractivity contribution in [3.63, 3.8) is 0 Å². The van der Waals surface area contributed by atoms with Gasteiger partial charge in [0, 0.05) is 0 Å². The van der Waals surface area contributed by atoms with Crippen LogP contribution in [0.15, 0.2) is 18.2 Å². The first-order chi connectivity index (χ1) is 7.60. The van der Waals surface area contributed by atoms with Crippen LogP contribution in [0.4, 0.5) is 4.39 Å². The number of hydrogen-bond acceptors (Lipinski definition) is 2. The fraction of sp³-hybridized carbons (Fsp3) is 0.417. The van der Waals surface area contributed by atoms with Gasteiger partial charge in [-0.1, -0.05) is 13.0 Å². The molecule has 1 aromatic carbocycles. The highest BCUT2D eigenvalue weighted by Gasteiger charge is 2.18. The van der Waals surface area contributed by atoms with Crippen molar-refractivity contribution in [1.82, 2.24) is 0 Å². The lowest BCUT2D eigenvalue weighted by Gasteiger charge is -2.11. The summed E-state index contributed by atoms with van der Waals surface area (Å²) >= 11 is 0. The van der Waals surface area contributed by atoms with Crippen LogP contribution in [0.3, 0.4) is 0 Å². The third-order valence-electron chi connectivity index (χ3n) is 2.36. The Balaban J connectivity index is 2.99. The molecule has 0 heterocycles. The number of aliphatic carboxylic acids is 1. The Labute approximate surface area is 93.9 Å². The van der Waals surface area contributed by atoms with E-state index >= 15 is 0 Å². The molecule has 3 nitrogen and oxygen atoms in total. The second kappa shape index (κ2) is 5.49. The van der Waals surface area contributed by atoms with Gasteiger partial charge in [0.25, 0.3) is 0 Å². The maximum Gasteiger partial charge on any atom is 0.310 e. The topological polar surface area (TPSA) is 46.5 Å². The first-order valence-electron chi connectivity index (χ1n) is 5.25. The van der Waals surface area contributed by atoms with E-state index in [1.165, 1.54) is 12.1 Å². The van der Waals surface area contributed by atoms with Crippen LogP contribution in [-0.4, -0.2) is 17.7 Å². The van der Waals surface area contributed by atoms with Crippen molar-refractivity contribution >= 4 is 5.97 Å². The molecule has 0 radical (unpaired) electrons. The minimum absolute atomic E-state index is 0.159. The third-order valence-corrected chi connectivity index (χ3v) is 2.36. The number of rotatable bonds is 5. The molecule has 0 aliphatic rings. The van der Waals surface area contributed by atoms with E-state index < -0.39 is 17.7 Å². The molecule has 0 fully saturated rings. The smallest absolute Gasteiger partial charge is 0.310 e. The SMILES string of the molecule is CCOc1ccc(C(CC)C(=O)O)cc1F. The zero-order valence-electron chi connectivity index (χ0n) is 9.37. The highest BCUT2D eigenvalue weighted by atomic mass is 19.1. The van der Waals surface area contributed by atoms with Crippen molar-refractivity contribution in [2.45, 2.75) is 26.2 Å². The lowest BCUT2D eigenvalue weighted by molar-refractivity contribution is -0.138. The number of carboxylic acids is 1. The van der Waals surface area contributed by atoms with E-state index in [4.69, 9.17) is 9.84 Å². The van der Waals surface area contributed by atoms with Crippen molar-refractivity contribution in [2.24, 2.45) is 0 Å². The zero-order valence-corrected chi connectivity index (χ0v) is 9.37. The van der Waals surface area contributed by atoms with Crippen molar-refractivity contribution in [1.29, 1.82) is 0 Å². The summed E-state index contributed by atoms with van der Waals surface area (Å²) in [5.74, 6) is -1.96. The lowest BCUT2D eigenvalue weighted by atomic mass is 9.96. The maximum absolute atomic E-state index is 13.5. The Bertz CT molecular complexity index is 377. The second-order valence-electron chi connectivity index (χ2n) is 3.42. The Morgan fingerprint density at radius 2 is 2.19 bits per heavy atom. The number of hydrogen-bond donors (Lipinski definition) is 1. The molecule has 1 N–H and O–H groups in total.